The smallest absolute Gasteiger partial charge is 0.307 e. The van der Waals surface area contributed by atoms with E-state index >= 15 is 0 Å². The lowest BCUT2D eigenvalue weighted by Gasteiger charge is -2.44. The quantitative estimate of drug-likeness (QED) is 0.553. The van der Waals surface area contributed by atoms with Crippen molar-refractivity contribution in [1.29, 1.82) is 0 Å². The van der Waals surface area contributed by atoms with Crippen LogP contribution in [0.2, 0.25) is 0 Å². The van der Waals surface area contributed by atoms with Crippen LogP contribution in [0.1, 0.15) is 29.3 Å². The molecule has 0 spiro atoms. The maximum atomic E-state index is 14.9. The summed E-state index contributed by atoms with van der Waals surface area (Å²) >= 11 is 1.33. The van der Waals surface area contributed by atoms with E-state index in [9.17, 15) is 18.4 Å². The topological polar surface area (TPSA) is 77.0 Å². The molecule has 0 bridgehead atoms. The van der Waals surface area contributed by atoms with Crippen LogP contribution >= 0.6 is 11.8 Å². The van der Waals surface area contributed by atoms with Gasteiger partial charge in [0.25, 0.3) is 5.91 Å². The summed E-state index contributed by atoms with van der Waals surface area (Å²) in [4.78, 5) is 28.4. The first kappa shape index (κ1) is 22.0. The summed E-state index contributed by atoms with van der Waals surface area (Å²) in [6.45, 7) is 1.22. The fourth-order valence-electron chi connectivity index (χ4n) is 3.76. The van der Waals surface area contributed by atoms with E-state index in [1.807, 2.05) is 0 Å². The summed E-state index contributed by atoms with van der Waals surface area (Å²) < 4.78 is 39.1. The van der Waals surface area contributed by atoms with Crippen molar-refractivity contribution >= 4 is 28.8 Å². The van der Waals surface area contributed by atoms with Crippen molar-refractivity contribution in [2.45, 2.75) is 18.9 Å². The Morgan fingerprint density at radius 1 is 1.25 bits per heavy atom. The van der Waals surface area contributed by atoms with Crippen LogP contribution in [0.5, 0.6) is 0 Å². The number of ether oxygens (including phenoxy) is 2. The molecule has 1 saturated heterocycles. The van der Waals surface area contributed by atoms with Crippen molar-refractivity contribution in [3.05, 3.63) is 83.3 Å². The SMILES string of the molecule is CC(=O)OC=C1C[C@H]2CSC(NC(=O)c3ccccc3)=N[C@@]2(c2ccc(F)cc2F)CO1. The second-order valence-electron chi connectivity index (χ2n) is 7.48. The first-order valence-electron chi connectivity index (χ1n) is 9.91. The predicted molar refractivity (Wildman–Crippen MR) is 116 cm³/mol. The summed E-state index contributed by atoms with van der Waals surface area (Å²) in [5.74, 6) is -1.56. The van der Waals surface area contributed by atoms with Gasteiger partial charge < -0.3 is 14.8 Å². The highest BCUT2D eigenvalue weighted by Gasteiger charge is 2.49. The Kier molecular flexibility index (Phi) is 6.27. The number of allylic oxidation sites excluding steroid dienone is 1. The second kappa shape index (κ2) is 9.12. The number of nitrogens with zero attached hydrogens (tertiary/aromatic N) is 1. The average Bonchev–Trinajstić information content (AvgIpc) is 2.78. The molecule has 0 aromatic heterocycles. The van der Waals surface area contributed by atoms with E-state index in [4.69, 9.17) is 14.5 Å². The molecular weight excluding hydrogens is 438 g/mol. The van der Waals surface area contributed by atoms with Gasteiger partial charge in [0.2, 0.25) is 0 Å². The number of carbonyl (C=O) groups excluding carboxylic acids is 2. The number of benzene rings is 2. The fraction of sp³-hybridized carbons (Fsp3) is 0.261. The normalized spacial score (nSPS) is 23.5. The van der Waals surface area contributed by atoms with Gasteiger partial charge in [0.15, 0.2) is 5.17 Å². The maximum Gasteiger partial charge on any atom is 0.307 e. The van der Waals surface area contributed by atoms with E-state index in [0.29, 0.717) is 28.7 Å². The molecule has 2 aliphatic heterocycles. The number of hydrogen-bond donors (Lipinski definition) is 1. The molecule has 2 heterocycles. The van der Waals surface area contributed by atoms with Crippen LogP contribution in [0.3, 0.4) is 0 Å². The Labute approximate surface area is 187 Å². The zero-order chi connectivity index (χ0) is 22.7. The Morgan fingerprint density at radius 2 is 2.03 bits per heavy atom. The highest BCUT2D eigenvalue weighted by atomic mass is 32.2. The summed E-state index contributed by atoms with van der Waals surface area (Å²) in [7, 11) is 0. The Hall–Kier alpha value is -3.20. The van der Waals surface area contributed by atoms with Crippen LogP contribution in [-0.2, 0) is 19.8 Å². The van der Waals surface area contributed by atoms with Crippen LogP contribution in [0.15, 0.2) is 65.5 Å². The zero-order valence-corrected chi connectivity index (χ0v) is 18.0. The Morgan fingerprint density at radius 3 is 2.75 bits per heavy atom. The largest absolute Gasteiger partial charge is 0.492 e. The number of amidine groups is 1. The molecule has 0 saturated carbocycles. The van der Waals surface area contributed by atoms with Crippen LogP contribution in [0.25, 0.3) is 0 Å². The third kappa shape index (κ3) is 4.52. The summed E-state index contributed by atoms with van der Waals surface area (Å²) in [6, 6.07) is 12.0. The third-order valence-corrected chi connectivity index (χ3v) is 6.37. The number of carbonyl (C=O) groups is 2. The maximum absolute atomic E-state index is 14.9. The number of fused-ring (bicyclic) bond motifs is 1. The lowest BCUT2D eigenvalue weighted by Crippen LogP contribution is -2.48. The Balaban J connectivity index is 1.68. The van der Waals surface area contributed by atoms with E-state index < -0.39 is 23.1 Å². The molecule has 6 nitrogen and oxygen atoms in total. The molecule has 4 rings (SSSR count). The molecule has 2 aromatic carbocycles. The predicted octanol–water partition coefficient (Wildman–Crippen LogP) is 4.13. The van der Waals surface area contributed by atoms with Gasteiger partial charge in [-0.15, -0.1) is 0 Å². The summed E-state index contributed by atoms with van der Waals surface area (Å²) in [5.41, 5.74) is -0.524. The van der Waals surface area contributed by atoms with Crippen LogP contribution in [0, 0.1) is 17.6 Å². The molecule has 166 valence electrons. The standard InChI is InChI=1S/C23H20F2N2O4S/c1-14(28)30-11-18-9-16-12-32-22(26-21(29)15-5-3-2-4-6-15)27-23(16,13-31-18)19-8-7-17(24)10-20(19)25/h2-8,10-11,16H,9,12-13H2,1H3,(H,26,27,29)/t16-,23-/m0/s1. The minimum Gasteiger partial charge on any atom is -0.492 e. The number of esters is 1. The van der Waals surface area contributed by atoms with Crippen LogP contribution < -0.4 is 5.32 Å². The fourth-order valence-corrected chi connectivity index (χ4v) is 4.90. The highest BCUT2D eigenvalue weighted by molar-refractivity contribution is 8.13. The molecule has 2 atom stereocenters. The van der Waals surface area contributed by atoms with Gasteiger partial charge in [0, 0.05) is 42.2 Å². The molecule has 1 N–H and O–H groups in total. The van der Waals surface area contributed by atoms with Gasteiger partial charge in [0.1, 0.15) is 35.8 Å². The number of aliphatic imine (C=N–C) groups is 1. The van der Waals surface area contributed by atoms with Gasteiger partial charge in [-0.25, -0.2) is 13.8 Å². The number of hydrogen-bond acceptors (Lipinski definition) is 6. The third-order valence-electron chi connectivity index (χ3n) is 5.33. The minimum atomic E-state index is -1.17. The lowest BCUT2D eigenvalue weighted by atomic mass is 9.76. The summed E-state index contributed by atoms with van der Waals surface area (Å²) in [6.07, 6.45) is 1.58. The number of nitrogens with one attached hydrogen (secondary N) is 1. The highest BCUT2D eigenvalue weighted by Crippen LogP contribution is 2.47. The van der Waals surface area contributed by atoms with E-state index in [2.05, 4.69) is 5.32 Å². The van der Waals surface area contributed by atoms with Crippen LogP contribution in [0.4, 0.5) is 8.78 Å². The minimum absolute atomic E-state index is 0.0570. The van der Waals surface area contributed by atoms with Gasteiger partial charge in [-0.3, -0.25) is 9.59 Å². The lowest BCUT2D eigenvalue weighted by molar-refractivity contribution is -0.135. The average molecular weight is 458 g/mol. The summed E-state index contributed by atoms with van der Waals surface area (Å²) in [5, 5.41) is 3.11. The molecule has 32 heavy (non-hydrogen) atoms. The van der Waals surface area contributed by atoms with Gasteiger partial charge in [-0.2, -0.15) is 0 Å². The van der Waals surface area contributed by atoms with Crippen molar-refractivity contribution in [3.63, 3.8) is 0 Å². The van der Waals surface area contributed by atoms with Crippen LogP contribution in [-0.4, -0.2) is 29.4 Å². The molecule has 0 aliphatic carbocycles. The molecule has 9 heteroatoms. The number of amides is 1. The van der Waals surface area contributed by atoms with E-state index in [1.54, 1.807) is 30.3 Å². The van der Waals surface area contributed by atoms with E-state index in [-0.39, 0.29) is 24.0 Å². The van der Waals surface area contributed by atoms with E-state index in [0.717, 1.165) is 6.07 Å². The molecule has 2 aromatic rings. The van der Waals surface area contributed by atoms with Crippen molar-refractivity contribution in [2.75, 3.05) is 12.4 Å². The molecule has 1 amide bonds. The zero-order valence-electron chi connectivity index (χ0n) is 17.1. The molecule has 1 fully saturated rings. The van der Waals surface area contributed by atoms with Crippen molar-refractivity contribution in [3.8, 4) is 0 Å². The van der Waals surface area contributed by atoms with Crippen molar-refractivity contribution in [2.24, 2.45) is 10.9 Å². The monoisotopic (exact) mass is 458 g/mol. The van der Waals surface area contributed by atoms with Crippen molar-refractivity contribution in [1.82, 2.24) is 5.32 Å². The first-order chi connectivity index (χ1) is 15.4. The molecule has 2 aliphatic rings. The number of halogens is 2. The molecular formula is C23H20F2N2O4S. The van der Waals surface area contributed by atoms with Gasteiger partial charge in [-0.05, 0) is 18.2 Å². The van der Waals surface area contributed by atoms with Gasteiger partial charge in [0.05, 0.1) is 0 Å². The van der Waals surface area contributed by atoms with Gasteiger partial charge >= 0.3 is 5.97 Å². The van der Waals surface area contributed by atoms with Crippen molar-refractivity contribution < 1.29 is 27.8 Å². The molecule has 0 radical (unpaired) electrons. The van der Waals surface area contributed by atoms with Gasteiger partial charge in [-0.1, -0.05) is 36.0 Å². The number of rotatable bonds is 3. The van der Waals surface area contributed by atoms with E-state index in [1.165, 1.54) is 37.1 Å². The first-order valence-corrected chi connectivity index (χ1v) is 10.9. The Bertz CT molecular complexity index is 1110. The number of thioether (sulfide) groups is 1. The molecule has 0 unspecified atom stereocenters. The second-order valence-corrected chi connectivity index (χ2v) is 8.49.